The van der Waals surface area contributed by atoms with Crippen molar-refractivity contribution in [3.8, 4) is 0 Å². The summed E-state index contributed by atoms with van der Waals surface area (Å²) >= 11 is 1.42. The zero-order valence-corrected chi connectivity index (χ0v) is 12.0. The highest BCUT2D eigenvalue weighted by Gasteiger charge is 2.14. The fraction of sp³-hybridized carbons (Fsp3) is 0.700. The van der Waals surface area contributed by atoms with E-state index in [0.717, 1.165) is 23.5 Å². The first kappa shape index (κ1) is 14.6. The maximum atomic E-state index is 11.0. The van der Waals surface area contributed by atoms with Crippen molar-refractivity contribution in [2.24, 2.45) is 5.14 Å². The van der Waals surface area contributed by atoms with Gasteiger partial charge in [-0.05, 0) is 6.42 Å². The number of rotatable bonds is 6. The summed E-state index contributed by atoms with van der Waals surface area (Å²) in [6, 6.07) is 0.392. The van der Waals surface area contributed by atoms with Crippen molar-refractivity contribution in [1.82, 2.24) is 10.3 Å². The topological polar surface area (TPSA) is 85.1 Å². The summed E-state index contributed by atoms with van der Waals surface area (Å²) in [5.41, 5.74) is 0.960. The van der Waals surface area contributed by atoms with Gasteiger partial charge in [-0.15, -0.1) is 11.3 Å². The average Bonchev–Trinajstić information content (AvgIpc) is 2.54. The van der Waals surface area contributed by atoms with Gasteiger partial charge in [0.25, 0.3) is 0 Å². The van der Waals surface area contributed by atoms with E-state index in [2.05, 4.69) is 24.1 Å². The van der Waals surface area contributed by atoms with E-state index in [4.69, 9.17) is 5.14 Å². The van der Waals surface area contributed by atoms with E-state index in [1.54, 1.807) is 0 Å². The number of nitrogens with zero attached hydrogens (tertiary/aromatic N) is 1. The Morgan fingerprint density at radius 2 is 2.12 bits per heavy atom. The number of primary sulfonamides is 1. The lowest BCUT2D eigenvalue weighted by Crippen LogP contribution is -2.21. The van der Waals surface area contributed by atoms with Crippen LogP contribution in [0.3, 0.4) is 0 Å². The minimum absolute atomic E-state index is 0.174. The smallest absolute Gasteiger partial charge is 0.215 e. The largest absolute Gasteiger partial charge is 0.310 e. The number of hydrogen-bond acceptors (Lipinski definition) is 5. The van der Waals surface area contributed by atoms with Gasteiger partial charge in [0.1, 0.15) is 10.8 Å². The van der Waals surface area contributed by atoms with Gasteiger partial charge in [-0.25, -0.2) is 18.5 Å². The lowest BCUT2D eigenvalue weighted by Gasteiger charge is -2.06. The summed E-state index contributed by atoms with van der Waals surface area (Å²) in [6.45, 7) is 6.87. The number of aromatic nitrogens is 1. The monoisotopic (exact) mass is 277 g/mol. The third kappa shape index (κ3) is 5.12. The molecule has 0 bridgehead atoms. The zero-order valence-electron chi connectivity index (χ0n) is 10.4. The number of sulfonamides is 1. The molecule has 1 heterocycles. The third-order valence-corrected chi connectivity index (χ3v) is 4.11. The highest BCUT2D eigenvalue weighted by Crippen LogP contribution is 2.20. The quantitative estimate of drug-likeness (QED) is 0.812. The molecular formula is C10H19N3O2S2. The molecule has 0 unspecified atom stereocenters. The molecule has 7 heteroatoms. The molecule has 5 nitrogen and oxygen atoms in total. The molecule has 17 heavy (non-hydrogen) atoms. The Kier molecular flexibility index (Phi) is 5.05. The molecule has 3 N–H and O–H groups in total. The van der Waals surface area contributed by atoms with Crippen LogP contribution in [0, 0.1) is 0 Å². The van der Waals surface area contributed by atoms with Crippen LogP contribution in [0.4, 0.5) is 0 Å². The summed E-state index contributed by atoms with van der Waals surface area (Å²) < 4.78 is 22.0. The molecule has 0 aliphatic carbocycles. The molecule has 98 valence electrons. The fourth-order valence-corrected chi connectivity index (χ4v) is 3.42. The van der Waals surface area contributed by atoms with Gasteiger partial charge in [-0.1, -0.05) is 20.8 Å². The lowest BCUT2D eigenvalue weighted by atomic mass is 10.3. The van der Waals surface area contributed by atoms with Crippen LogP contribution in [0.15, 0.2) is 0 Å². The van der Waals surface area contributed by atoms with E-state index in [1.165, 1.54) is 11.3 Å². The van der Waals surface area contributed by atoms with Crippen LogP contribution in [-0.4, -0.2) is 19.4 Å². The number of nitrogens with one attached hydrogen (secondary N) is 1. The molecule has 0 atom stereocenters. The second kappa shape index (κ2) is 5.90. The molecule has 0 aromatic carbocycles. The van der Waals surface area contributed by atoms with Gasteiger partial charge < -0.3 is 5.32 Å². The van der Waals surface area contributed by atoms with E-state index >= 15 is 0 Å². The second-order valence-electron chi connectivity index (χ2n) is 4.17. The predicted octanol–water partition coefficient (Wildman–Crippen LogP) is 0.992. The molecule has 0 fully saturated rings. The minimum atomic E-state index is -3.49. The molecular weight excluding hydrogens is 258 g/mol. The first-order chi connectivity index (χ1) is 7.81. The van der Waals surface area contributed by atoms with Gasteiger partial charge >= 0.3 is 0 Å². The summed E-state index contributed by atoms with van der Waals surface area (Å²) in [5, 5.41) is 8.89. The van der Waals surface area contributed by atoms with Crippen LogP contribution < -0.4 is 10.5 Å². The highest BCUT2D eigenvalue weighted by atomic mass is 32.2. The van der Waals surface area contributed by atoms with Crippen molar-refractivity contribution >= 4 is 21.4 Å². The molecule has 1 rings (SSSR count). The van der Waals surface area contributed by atoms with Gasteiger partial charge in [-0.2, -0.15) is 0 Å². The van der Waals surface area contributed by atoms with Gasteiger partial charge in [0.05, 0.1) is 5.69 Å². The zero-order chi connectivity index (χ0) is 13.1. The maximum absolute atomic E-state index is 11.0. The van der Waals surface area contributed by atoms with Crippen LogP contribution in [0.5, 0.6) is 0 Å². The maximum Gasteiger partial charge on any atom is 0.215 e. The van der Waals surface area contributed by atoms with Gasteiger partial charge in [0.2, 0.25) is 10.0 Å². The third-order valence-electron chi connectivity index (χ3n) is 2.15. The van der Waals surface area contributed by atoms with Crippen molar-refractivity contribution in [3.63, 3.8) is 0 Å². The SMILES string of the molecule is CCc1nc(CS(N)(=O)=O)sc1CNC(C)C. The van der Waals surface area contributed by atoms with Gasteiger partial charge in [0.15, 0.2) is 0 Å². The highest BCUT2D eigenvalue weighted by molar-refractivity contribution is 7.88. The van der Waals surface area contributed by atoms with Gasteiger partial charge in [0, 0.05) is 17.5 Å². The number of hydrogen-bond donors (Lipinski definition) is 2. The molecule has 0 amide bonds. The number of aryl methyl sites for hydroxylation is 1. The van der Waals surface area contributed by atoms with Crippen molar-refractivity contribution in [3.05, 3.63) is 15.6 Å². The van der Waals surface area contributed by atoms with E-state index in [-0.39, 0.29) is 5.75 Å². The van der Waals surface area contributed by atoms with E-state index in [0.29, 0.717) is 11.0 Å². The summed E-state index contributed by atoms with van der Waals surface area (Å²) in [6.07, 6.45) is 0.802. The summed E-state index contributed by atoms with van der Waals surface area (Å²) in [7, 11) is -3.49. The van der Waals surface area contributed by atoms with E-state index < -0.39 is 10.0 Å². The Balaban J connectivity index is 2.83. The molecule has 0 saturated carbocycles. The Labute approximate surface area is 106 Å². The molecule has 1 aromatic rings. The van der Waals surface area contributed by atoms with Crippen molar-refractivity contribution in [1.29, 1.82) is 0 Å². The predicted molar refractivity (Wildman–Crippen MR) is 70.3 cm³/mol. The van der Waals surface area contributed by atoms with Crippen LogP contribution >= 0.6 is 11.3 Å². The Morgan fingerprint density at radius 1 is 1.47 bits per heavy atom. The lowest BCUT2D eigenvalue weighted by molar-refractivity contribution is 0.590. The summed E-state index contributed by atoms with van der Waals surface area (Å²) in [5.74, 6) is -0.174. The molecule has 0 aliphatic rings. The molecule has 0 radical (unpaired) electrons. The van der Waals surface area contributed by atoms with E-state index in [1.807, 2.05) is 6.92 Å². The fourth-order valence-electron chi connectivity index (χ4n) is 1.38. The Bertz CT molecular complexity index is 466. The summed E-state index contributed by atoms with van der Waals surface area (Å²) in [4.78, 5) is 5.41. The van der Waals surface area contributed by atoms with Gasteiger partial charge in [-0.3, -0.25) is 0 Å². The van der Waals surface area contributed by atoms with Crippen LogP contribution in [-0.2, 0) is 28.7 Å². The molecule has 0 aliphatic heterocycles. The van der Waals surface area contributed by atoms with Crippen LogP contribution in [0.2, 0.25) is 0 Å². The normalized spacial score (nSPS) is 12.3. The van der Waals surface area contributed by atoms with Crippen molar-refractivity contribution in [2.75, 3.05) is 0 Å². The molecule has 0 spiro atoms. The molecule has 0 saturated heterocycles. The van der Waals surface area contributed by atoms with Crippen LogP contribution in [0.1, 0.15) is 36.3 Å². The van der Waals surface area contributed by atoms with Crippen molar-refractivity contribution in [2.45, 2.75) is 45.5 Å². The number of thiazole rings is 1. The Hall–Kier alpha value is -0.500. The minimum Gasteiger partial charge on any atom is -0.310 e. The van der Waals surface area contributed by atoms with Crippen LogP contribution in [0.25, 0.3) is 0 Å². The first-order valence-electron chi connectivity index (χ1n) is 5.53. The first-order valence-corrected chi connectivity index (χ1v) is 8.06. The second-order valence-corrected chi connectivity index (χ2v) is 6.96. The number of nitrogens with two attached hydrogens (primary N) is 1. The molecule has 1 aromatic heterocycles. The average molecular weight is 277 g/mol. The van der Waals surface area contributed by atoms with E-state index in [9.17, 15) is 8.42 Å². The van der Waals surface area contributed by atoms with Crippen molar-refractivity contribution < 1.29 is 8.42 Å². The Morgan fingerprint density at radius 3 is 2.59 bits per heavy atom. The standard InChI is InChI=1S/C10H19N3O2S2/c1-4-8-9(5-12-7(2)3)16-10(13-8)6-17(11,14)15/h7,12H,4-6H2,1-3H3,(H2,11,14,15).